The molecule has 0 aliphatic carbocycles. The molecule has 0 unspecified atom stereocenters. The van der Waals surface area contributed by atoms with E-state index < -0.39 is 0 Å². The Labute approximate surface area is 194 Å². The van der Waals surface area contributed by atoms with E-state index in [4.69, 9.17) is 14.7 Å². The van der Waals surface area contributed by atoms with Crippen LogP contribution in [0.1, 0.15) is 53.9 Å². The van der Waals surface area contributed by atoms with Gasteiger partial charge in [0, 0.05) is 45.1 Å². The number of rotatable bonds is 4. The summed E-state index contributed by atoms with van der Waals surface area (Å²) in [6.45, 7) is 4.93. The van der Waals surface area contributed by atoms with Crippen molar-refractivity contribution >= 4 is 17.6 Å². The molecule has 2 amide bonds. The van der Waals surface area contributed by atoms with Gasteiger partial charge in [0.1, 0.15) is 17.4 Å². The van der Waals surface area contributed by atoms with Crippen molar-refractivity contribution in [2.45, 2.75) is 51.5 Å². The zero-order valence-electron chi connectivity index (χ0n) is 19.4. The summed E-state index contributed by atoms with van der Waals surface area (Å²) in [5.41, 5.74) is 4.26. The fourth-order valence-corrected chi connectivity index (χ4v) is 5.12. The molecule has 1 N–H and O–H groups in total. The number of aromatic nitrogens is 2. The molecule has 0 bridgehead atoms. The van der Waals surface area contributed by atoms with Crippen molar-refractivity contribution < 1.29 is 14.3 Å². The average molecular weight is 450 g/mol. The van der Waals surface area contributed by atoms with Gasteiger partial charge in [-0.3, -0.25) is 9.59 Å². The second-order valence-electron chi connectivity index (χ2n) is 9.19. The molecule has 2 aromatic rings. The van der Waals surface area contributed by atoms with Crippen molar-refractivity contribution in [1.29, 1.82) is 0 Å². The van der Waals surface area contributed by atoms with Gasteiger partial charge >= 0.3 is 0 Å². The molecule has 8 heteroatoms. The molecular weight excluding hydrogens is 418 g/mol. The third-order valence-corrected chi connectivity index (χ3v) is 7.00. The number of carbonyl (C=O) groups is 2. The van der Waals surface area contributed by atoms with Gasteiger partial charge < -0.3 is 19.9 Å². The van der Waals surface area contributed by atoms with Gasteiger partial charge in [-0.05, 0) is 42.9 Å². The minimum Gasteiger partial charge on any atom is -0.493 e. The second kappa shape index (κ2) is 9.00. The van der Waals surface area contributed by atoms with Gasteiger partial charge in [0.15, 0.2) is 0 Å². The average Bonchev–Trinajstić information content (AvgIpc) is 3.33. The zero-order valence-corrected chi connectivity index (χ0v) is 19.4. The number of anilines is 1. The van der Waals surface area contributed by atoms with E-state index in [1.54, 1.807) is 6.92 Å². The first-order valence-electron chi connectivity index (χ1n) is 11.9. The molecule has 3 aliphatic heterocycles. The number of aryl methyl sites for hydroxylation is 1. The van der Waals surface area contributed by atoms with Crippen LogP contribution >= 0.6 is 0 Å². The topological polar surface area (TPSA) is 87.7 Å². The lowest BCUT2D eigenvalue weighted by Gasteiger charge is -2.29. The molecule has 1 atom stereocenters. The van der Waals surface area contributed by atoms with Gasteiger partial charge in [0.2, 0.25) is 11.8 Å². The summed E-state index contributed by atoms with van der Waals surface area (Å²) < 4.78 is 5.69. The van der Waals surface area contributed by atoms with Crippen LogP contribution in [0.25, 0.3) is 0 Å². The van der Waals surface area contributed by atoms with Crippen molar-refractivity contribution in [1.82, 2.24) is 19.8 Å². The summed E-state index contributed by atoms with van der Waals surface area (Å²) in [4.78, 5) is 38.3. The molecule has 33 heavy (non-hydrogen) atoms. The van der Waals surface area contributed by atoms with Gasteiger partial charge in [-0.1, -0.05) is 12.1 Å². The summed E-state index contributed by atoms with van der Waals surface area (Å²) in [6, 6.07) is 6.11. The lowest BCUT2D eigenvalue weighted by atomic mass is 10.0. The highest BCUT2D eigenvalue weighted by molar-refractivity contribution is 5.79. The molecule has 0 spiro atoms. The van der Waals surface area contributed by atoms with E-state index in [2.05, 4.69) is 11.4 Å². The van der Waals surface area contributed by atoms with Crippen LogP contribution in [-0.4, -0.2) is 64.9 Å². The van der Waals surface area contributed by atoms with E-state index in [-0.39, 0.29) is 17.7 Å². The predicted octanol–water partition coefficient (Wildman–Crippen LogP) is 2.31. The molecule has 0 radical (unpaired) electrons. The molecule has 8 nitrogen and oxygen atoms in total. The molecule has 0 saturated carbocycles. The van der Waals surface area contributed by atoms with Crippen LogP contribution in [0.15, 0.2) is 18.2 Å². The van der Waals surface area contributed by atoms with Crippen molar-refractivity contribution in [3.05, 3.63) is 46.4 Å². The molecular formula is C25H31N5O3. The smallest absolute Gasteiger partial charge is 0.227 e. The number of hydrogen-bond acceptors (Lipinski definition) is 6. The van der Waals surface area contributed by atoms with Gasteiger partial charge in [-0.2, -0.15) is 0 Å². The molecule has 1 saturated heterocycles. The third kappa shape index (κ3) is 4.38. The predicted molar refractivity (Wildman–Crippen MR) is 124 cm³/mol. The van der Waals surface area contributed by atoms with Crippen molar-refractivity contribution in [3.8, 4) is 5.75 Å². The maximum Gasteiger partial charge on any atom is 0.227 e. The van der Waals surface area contributed by atoms with E-state index >= 15 is 0 Å². The Morgan fingerprint density at radius 3 is 2.88 bits per heavy atom. The van der Waals surface area contributed by atoms with E-state index in [0.29, 0.717) is 32.6 Å². The van der Waals surface area contributed by atoms with Gasteiger partial charge in [0.05, 0.1) is 25.3 Å². The first-order chi connectivity index (χ1) is 16.0. The van der Waals surface area contributed by atoms with E-state index in [0.717, 1.165) is 66.5 Å². The number of amides is 2. The Hall–Kier alpha value is -3.16. The number of ether oxygens (including phenoxy) is 1. The normalized spacial score (nSPS) is 19.5. The van der Waals surface area contributed by atoms with Crippen LogP contribution in [0.2, 0.25) is 0 Å². The van der Waals surface area contributed by atoms with E-state index in [9.17, 15) is 9.59 Å². The highest BCUT2D eigenvalue weighted by Crippen LogP contribution is 2.31. The minimum absolute atomic E-state index is 0.0678. The second-order valence-corrected chi connectivity index (χ2v) is 9.19. The summed E-state index contributed by atoms with van der Waals surface area (Å²) in [5, 5.41) is 3.21. The third-order valence-electron chi connectivity index (χ3n) is 7.00. The van der Waals surface area contributed by atoms with Crippen LogP contribution in [0.3, 0.4) is 0 Å². The maximum absolute atomic E-state index is 13.0. The van der Waals surface area contributed by atoms with Crippen molar-refractivity contribution in [2.24, 2.45) is 0 Å². The Morgan fingerprint density at radius 1 is 1.18 bits per heavy atom. The van der Waals surface area contributed by atoms with Crippen LogP contribution in [-0.2, 0) is 35.4 Å². The summed E-state index contributed by atoms with van der Waals surface area (Å²) in [6.07, 6.45) is 4.04. The lowest BCUT2D eigenvalue weighted by Crippen LogP contribution is -2.35. The molecule has 1 aromatic carbocycles. The molecule has 5 rings (SSSR count). The Balaban J connectivity index is 1.28. The number of benzene rings is 1. The van der Waals surface area contributed by atoms with Crippen molar-refractivity contribution in [3.63, 3.8) is 0 Å². The number of nitrogens with one attached hydrogen (secondary N) is 1. The summed E-state index contributed by atoms with van der Waals surface area (Å²) >= 11 is 0. The van der Waals surface area contributed by atoms with Crippen molar-refractivity contribution in [2.75, 3.05) is 38.6 Å². The minimum atomic E-state index is 0.0678. The lowest BCUT2D eigenvalue weighted by molar-refractivity contribution is -0.130. The monoisotopic (exact) mass is 449 g/mol. The Kier molecular flexibility index (Phi) is 5.91. The number of likely N-dealkylation sites (tertiary alicyclic amines) is 1. The van der Waals surface area contributed by atoms with Gasteiger partial charge in [-0.25, -0.2) is 9.97 Å². The first kappa shape index (κ1) is 21.7. The fourth-order valence-electron chi connectivity index (χ4n) is 5.12. The highest BCUT2D eigenvalue weighted by atomic mass is 16.5. The van der Waals surface area contributed by atoms with E-state index in [1.807, 2.05) is 29.0 Å². The highest BCUT2D eigenvalue weighted by Gasteiger charge is 2.31. The van der Waals surface area contributed by atoms with Crippen LogP contribution in [0.5, 0.6) is 5.75 Å². The van der Waals surface area contributed by atoms with E-state index in [1.165, 1.54) is 5.56 Å². The molecule has 1 fully saturated rings. The molecule has 4 heterocycles. The fraction of sp³-hybridized carbons (Fsp3) is 0.520. The Bertz CT molecular complexity index is 1090. The molecule has 1 aromatic heterocycles. The zero-order chi connectivity index (χ0) is 22.9. The summed E-state index contributed by atoms with van der Waals surface area (Å²) in [5.74, 6) is 2.88. The quantitative estimate of drug-likeness (QED) is 0.771. The van der Waals surface area contributed by atoms with Crippen LogP contribution in [0, 0.1) is 0 Å². The SMILES string of the molecule is CNc1nc([C@@H]2CCN(C(=O)Cc3ccc4c(c3)CCCO4)C2)nc2c1CCN(C(C)=O)C2. The number of hydrogen-bond donors (Lipinski definition) is 1. The molecule has 3 aliphatic rings. The standard InChI is InChI=1S/C25H31N5O3/c1-16(31)29-10-8-20-21(15-29)27-24(28-25(20)26-2)19-7-9-30(14-19)23(32)13-17-5-6-22-18(12-17)4-3-11-33-22/h5-6,12,19H,3-4,7-11,13-15H2,1-2H3,(H,26,27,28)/t19-/m1/s1. The first-order valence-corrected chi connectivity index (χ1v) is 11.9. The Morgan fingerprint density at radius 2 is 2.06 bits per heavy atom. The van der Waals surface area contributed by atoms with Gasteiger partial charge in [0.25, 0.3) is 0 Å². The van der Waals surface area contributed by atoms with Gasteiger partial charge in [-0.15, -0.1) is 0 Å². The largest absolute Gasteiger partial charge is 0.493 e. The maximum atomic E-state index is 13.0. The number of nitrogens with zero attached hydrogens (tertiary/aromatic N) is 4. The number of fused-ring (bicyclic) bond motifs is 2. The summed E-state index contributed by atoms with van der Waals surface area (Å²) in [7, 11) is 1.87. The molecule has 174 valence electrons. The van der Waals surface area contributed by atoms with Crippen LogP contribution < -0.4 is 10.1 Å². The van der Waals surface area contributed by atoms with Crippen LogP contribution in [0.4, 0.5) is 5.82 Å². The number of carbonyl (C=O) groups excluding carboxylic acids is 2.